The highest BCUT2D eigenvalue weighted by Crippen LogP contribution is 2.13. The molecule has 1 amide bonds. The molecular weight excluding hydrogens is 358 g/mol. The number of aliphatic hydroxyl groups is 1. The Hall–Kier alpha value is -1.61. The molecule has 0 aliphatic rings. The van der Waals surface area contributed by atoms with E-state index in [4.69, 9.17) is 10.8 Å². The molecule has 0 saturated heterocycles. The van der Waals surface area contributed by atoms with E-state index in [0.29, 0.717) is 18.9 Å². The average molecular weight is 404 g/mol. The van der Waals surface area contributed by atoms with E-state index >= 15 is 0 Å². The van der Waals surface area contributed by atoms with Crippen molar-refractivity contribution < 1.29 is 9.90 Å². The molecule has 29 heavy (non-hydrogen) atoms. The van der Waals surface area contributed by atoms with E-state index in [1.54, 1.807) is 0 Å². The van der Waals surface area contributed by atoms with Crippen LogP contribution in [0.1, 0.15) is 96.8 Å². The van der Waals surface area contributed by atoms with Crippen molar-refractivity contribution in [2.24, 2.45) is 11.7 Å². The van der Waals surface area contributed by atoms with Gasteiger partial charge >= 0.3 is 0 Å². The molecule has 0 aromatic carbocycles. The number of amides is 1. The van der Waals surface area contributed by atoms with Gasteiger partial charge < -0.3 is 10.8 Å². The van der Waals surface area contributed by atoms with Crippen molar-refractivity contribution >= 4 is 5.91 Å². The number of unbranched alkanes of at least 4 members (excludes halogenated alkanes) is 6. The van der Waals surface area contributed by atoms with E-state index in [2.05, 4.69) is 55.5 Å². The van der Waals surface area contributed by atoms with Gasteiger partial charge in [0.05, 0.1) is 0 Å². The van der Waals surface area contributed by atoms with Crippen LogP contribution in [0.5, 0.6) is 0 Å². The summed E-state index contributed by atoms with van der Waals surface area (Å²) in [4.78, 5) is 10.6. The van der Waals surface area contributed by atoms with E-state index in [9.17, 15) is 4.79 Å². The van der Waals surface area contributed by atoms with Gasteiger partial charge in [-0.2, -0.15) is 0 Å². The fraction of sp³-hybridized carbons (Fsp3) is 0.654. The lowest BCUT2D eigenvalue weighted by Gasteiger charge is -2.10. The molecule has 0 aromatic rings. The van der Waals surface area contributed by atoms with Gasteiger partial charge in [-0.3, -0.25) is 4.79 Å². The monoisotopic (exact) mass is 403 g/mol. The number of hydrogen-bond acceptors (Lipinski definition) is 2. The topological polar surface area (TPSA) is 63.3 Å². The zero-order valence-corrected chi connectivity index (χ0v) is 18.7. The smallest absolute Gasteiger partial charge is 0.217 e. The van der Waals surface area contributed by atoms with Gasteiger partial charge in [-0.05, 0) is 63.7 Å². The Balaban J connectivity index is 3.42. The van der Waals surface area contributed by atoms with E-state index < -0.39 is 0 Å². The normalized spacial score (nSPS) is 13.4. The molecule has 0 aliphatic heterocycles. The summed E-state index contributed by atoms with van der Waals surface area (Å²) >= 11 is 0. The van der Waals surface area contributed by atoms with Crippen molar-refractivity contribution in [2.75, 3.05) is 6.61 Å². The third kappa shape index (κ3) is 22.5. The largest absolute Gasteiger partial charge is 0.396 e. The highest BCUT2D eigenvalue weighted by Gasteiger charge is 2.02. The Morgan fingerprint density at radius 2 is 1.24 bits per heavy atom. The molecule has 0 aliphatic carbocycles. The Morgan fingerprint density at radius 1 is 0.759 bits per heavy atom. The Morgan fingerprint density at radius 3 is 1.69 bits per heavy atom. The Kier molecular flexibility index (Phi) is 21.4. The maximum Gasteiger partial charge on any atom is 0.217 e. The minimum atomic E-state index is -0.193. The first-order chi connectivity index (χ1) is 14.2. The van der Waals surface area contributed by atoms with Crippen LogP contribution in [0, 0.1) is 5.92 Å². The molecule has 166 valence electrons. The van der Waals surface area contributed by atoms with Crippen molar-refractivity contribution in [1.29, 1.82) is 0 Å². The van der Waals surface area contributed by atoms with Gasteiger partial charge in [0.1, 0.15) is 0 Å². The van der Waals surface area contributed by atoms with E-state index in [1.807, 2.05) is 0 Å². The first-order valence-electron chi connectivity index (χ1n) is 11.7. The van der Waals surface area contributed by atoms with Crippen molar-refractivity contribution in [2.45, 2.75) is 96.8 Å². The fourth-order valence-electron chi connectivity index (χ4n) is 3.08. The summed E-state index contributed by atoms with van der Waals surface area (Å²) in [5.74, 6) is 0.313. The van der Waals surface area contributed by atoms with Crippen LogP contribution in [0.3, 0.4) is 0 Å². The van der Waals surface area contributed by atoms with Crippen LogP contribution >= 0.6 is 0 Å². The van der Waals surface area contributed by atoms with Crippen LogP contribution in [0.2, 0.25) is 0 Å². The molecule has 0 fully saturated rings. The predicted octanol–water partition coefficient (Wildman–Crippen LogP) is 6.79. The SMILES string of the molecule is CCC(CO)CCCCC/C=C\C/C=C\C/C=C\C/C=C\CCCCCC(N)=O. The van der Waals surface area contributed by atoms with E-state index in [-0.39, 0.29) is 5.91 Å². The molecule has 3 heteroatoms. The van der Waals surface area contributed by atoms with E-state index in [1.165, 1.54) is 32.1 Å². The number of carbonyl (C=O) groups is 1. The minimum absolute atomic E-state index is 0.193. The Labute approximate surface area is 179 Å². The third-order valence-corrected chi connectivity index (χ3v) is 5.10. The fourth-order valence-corrected chi connectivity index (χ4v) is 3.08. The van der Waals surface area contributed by atoms with Crippen LogP contribution in [0.15, 0.2) is 48.6 Å². The highest BCUT2D eigenvalue weighted by molar-refractivity contribution is 5.73. The maximum atomic E-state index is 10.6. The number of aliphatic hydroxyl groups excluding tert-OH is 1. The first kappa shape index (κ1) is 27.4. The van der Waals surface area contributed by atoms with Gasteiger partial charge in [0.25, 0.3) is 0 Å². The van der Waals surface area contributed by atoms with Crippen LogP contribution in [0.4, 0.5) is 0 Å². The molecule has 3 nitrogen and oxygen atoms in total. The molecule has 1 unspecified atom stereocenters. The molecule has 0 heterocycles. The number of allylic oxidation sites excluding steroid dienone is 8. The second-order valence-electron chi connectivity index (χ2n) is 7.75. The summed E-state index contributed by atoms with van der Waals surface area (Å²) in [6.45, 7) is 2.50. The third-order valence-electron chi connectivity index (χ3n) is 5.10. The summed E-state index contributed by atoms with van der Waals surface area (Å²) in [5, 5.41) is 9.16. The van der Waals surface area contributed by atoms with Gasteiger partial charge in [-0.25, -0.2) is 0 Å². The predicted molar refractivity (Wildman–Crippen MR) is 127 cm³/mol. The van der Waals surface area contributed by atoms with Crippen molar-refractivity contribution in [1.82, 2.24) is 0 Å². The minimum Gasteiger partial charge on any atom is -0.396 e. The van der Waals surface area contributed by atoms with Gasteiger partial charge in [0.2, 0.25) is 5.91 Å². The quantitative estimate of drug-likeness (QED) is 0.174. The zero-order valence-electron chi connectivity index (χ0n) is 18.7. The molecule has 3 N–H and O–H groups in total. The number of carbonyl (C=O) groups excluding carboxylic acids is 1. The van der Waals surface area contributed by atoms with E-state index in [0.717, 1.165) is 51.4 Å². The molecule has 0 spiro atoms. The number of primary amides is 1. The number of rotatable bonds is 20. The van der Waals surface area contributed by atoms with Gasteiger partial charge in [0.15, 0.2) is 0 Å². The van der Waals surface area contributed by atoms with Gasteiger partial charge in [-0.15, -0.1) is 0 Å². The van der Waals surface area contributed by atoms with Crippen LogP contribution in [-0.4, -0.2) is 17.6 Å². The zero-order chi connectivity index (χ0) is 21.4. The lowest BCUT2D eigenvalue weighted by molar-refractivity contribution is -0.118. The van der Waals surface area contributed by atoms with Crippen molar-refractivity contribution in [3.8, 4) is 0 Å². The molecule has 0 rings (SSSR count). The highest BCUT2D eigenvalue weighted by atomic mass is 16.3. The van der Waals surface area contributed by atoms with Crippen molar-refractivity contribution in [3.05, 3.63) is 48.6 Å². The molecule has 0 saturated carbocycles. The molecule has 0 bridgehead atoms. The summed E-state index contributed by atoms with van der Waals surface area (Å²) in [6.07, 6.45) is 32.8. The summed E-state index contributed by atoms with van der Waals surface area (Å²) < 4.78 is 0. The second-order valence-corrected chi connectivity index (χ2v) is 7.75. The number of hydrogen-bond donors (Lipinski definition) is 2. The molecule has 0 radical (unpaired) electrons. The second kappa shape index (κ2) is 22.7. The van der Waals surface area contributed by atoms with Crippen LogP contribution in [-0.2, 0) is 4.79 Å². The molecular formula is C26H45NO2. The first-order valence-corrected chi connectivity index (χ1v) is 11.7. The van der Waals surface area contributed by atoms with Crippen LogP contribution in [0.25, 0.3) is 0 Å². The standard InChI is InChI=1S/C26H45NO2/c1-2-25(24-28)22-20-18-16-14-12-10-8-6-4-3-5-7-9-11-13-15-17-19-21-23-26(27)29/h4-7,10-13,25,28H,2-3,8-9,14-24H2,1H3,(H2,27,29)/b6-4-,7-5-,12-10-,13-11-. The Bertz CT molecular complexity index is 473. The maximum absolute atomic E-state index is 10.6. The van der Waals surface area contributed by atoms with Gasteiger partial charge in [-0.1, -0.05) is 81.2 Å². The summed E-state index contributed by atoms with van der Waals surface area (Å²) in [5.41, 5.74) is 5.11. The lowest BCUT2D eigenvalue weighted by atomic mass is 9.99. The average Bonchev–Trinajstić information content (AvgIpc) is 2.71. The molecule has 0 aromatic heterocycles. The van der Waals surface area contributed by atoms with Gasteiger partial charge in [0, 0.05) is 13.0 Å². The number of nitrogens with two attached hydrogens (primary N) is 1. The summed E-state index contributed by atoms with van der Waals surface area (Å²) in [7, 11) is 0. The lowest BCUT2D eigenvalue weighted by Crippen LogP contribution is -2.09. The summed E-state index contributed by atoms with van der Waals surface area (Å²) in [6, 6.07) is 0. The van der Waals surface area contributed by atoms with Crippen LogP contribution < -0.4 is 5.73 Å². The molecule has 1 atom stereocenters. The van der Waals surface area contributed by atoms with Crippen molar-refractivity contribution in [3.63, 3.8) is 0 Å².